The molecule has 0 unspecified atom stereocenters. The Morgan fingerprint density at radius 3 is 2.50 bits per heavy atom. The van der Waals surface area contributed by atoms with Gasteiger partial charge in [-0.05, 0) is 25.7 Å². The molecule has 2 rings (SSSR count). The minimum Gasteiger partial charge on any atom is -0.416 e. The SMILES string of the molecule is CN1OC(=O)OC2(CCCCC2)C1=O. The summed E-state index contributed by atoms with van der Waals surface area (Å²) in [7, 11) is 1.44. The molecule has 0 aromatic carbocycles. The lowest BCUT2D eigenvalue weighted by Gasteiger charge is -2.39. The molecule has 2 aliphatic rings. The van der Waals surface area contributed by atoms with Gasteiger partial charge in [-0.3, -0.25) is 4.79 Å². The fourth-order valence-corrected chi connectivity index (χ4v) is 2.10. The molecule has 1 heterocycles. The van der Waals surface area contributed by atoms with E-state index in [0.29, 0.717) is 12.8 Å². The topological polar surface area (TPSA) is 55.8 Å². The van der Waals surface area contributed by atoms with Crippen molar-refractivity contribution in [2.24, 2.45) is 0 Å². The first-order chi connectivity index (χ1) is 6.64. The lowest BCUT2D eigenvalue weighted by atomic mass is 9.83. The van der Waals surface area contributed by atoms with Gasteiger partial charge in [-0.1, -0.05) is 6.42 Å². The number of carbonyl (C=O) groups is 2. The van der Waals surface area contributed by atoms with Gasteiger partial charge >= 0.3 is 6.16 Å². The number of carbonyl (C=O) groups excluding carboxylic acids is 2. The van der Waals surface area contributed by atoms with Gasteiger partial charge in [-0.15, -0.1) is 0 Å². The molecule has 0 N–H and O–H groups in total. The van der Waals surface area contributed by atoms with Crippen molar-refractivity contribution in [2.75, 3.05) is 7.05 Å². The molecule has 78 valence electrons. The zero-order chi connectivity index (χ0) is 10.2. The summed E-state index contributed by atoms with van der Waals surface area (Å²) in [5, 5.41) is 0.983. The Bertz CT molecular complexity index is 270. The first-order valence-corrected chi connectivity index (χ1v) is 4.83. The molecule has 0 atom stereocenters. The maximum atomic E-state index is 11.8. The van der Waals surface area contributed by atoms with E-state index in [1.807, 2.05) is 0 Å². The zero-order valence-electron chi connectivity index (χ0n) is 8.12. The van der Waals surface area contributed by atoms with Crippen molar-refractivity contribution < 1.29 is 19.2 Å². The predicted octanol–water partition coefficient (Wildman–Crippen LogP) is 1.23. The van der Waals surface area contributed by atoms with Gasteiger partial charge in [-0.25, -0.2) is 4.79 Å². The third-order valence-corrected chi connectivity index (χ3v) is 2.83. The summed E-state index contributed by atoms with van der Waals surface area (Å²) < 4.78 is 5.05. The normalized spacial score (nSPS) is 25.9. The van der Waals surface area contributed by atoms with Gasteiger partial charge in [0, 0.05) is 7.05 Å². The lowest BCUT2D eigenvalue weighted by Crippen LogP contribution is -2.56. The Labute approximate surface area is 81.9 Å². The van der Waals surface area contributed by atoms with Crippen molar-refractivity contribution in [1.82, 2.24) is 5.06 Å². The summed E-state index contributed by atoms with van der Waals surface area (Å²) in [6.45, 7) is 0. The average molecular weight is 199 g/mol. The molecule has 1 aliphatic heterocycles. The first kappa shape index (κ1) is 9.30. The summed E-state index contributed by atoms with van der Waals surface area (Å²) in [5.74, 6) is -0.239. The van der Waals surface area contributed by atoms with E-state index in [9.17, 15) is 9.59 Å². The molecule has 0 bridgehead atoms. The van der Waals surface area contributed by atoms with Crippen LogP contribution in [-0.2, 0) is 14.4 Å². The molecular weight excluding hydrogens is 186 g/mol. The van der Waals surface area contributed by atoms with Crippen LogP contribution in [0.1, 0.15) is 32.1 Å². The molecule has 1 saturated heterocycles. The molecule has 1 saturated carbocycles. The van der Waals surface area contributed by atoms with E-state index in [1.165, 1.54) is 7.05 Å². The minimum absolute atomic E-state index is 0.239. The maximum Gasteiger partial charge on any atom is 0.534 e. The number of hydroxylamine groups is 2. The first-order valence-electron chi connectivity index (χ1n) is 4.83. The van der Waals surface area contributed by atoms with Crippen LogP contribution in [0.5, 0.6) is 0 Å². The molecule has 0 aromatic heterocycles. The summed E-state index contributed by atoms with van der Waals surface area (Å²) in [4.78, 5) is 27.4. The number of hydrogen-bond donors (Lipinski definition) is 0. The molecule has 5 heteroatoms. The largest absolute Gasteiger partial charge is 0.534 e. The van der Waals surface area contributed by atoms with Crippen LogP contribution in [0.4, 0.5) is 4.79 Å². The fourth-order valence-electron chi connectivity index (χ4n) is 2.10. The number of amides is 1. The van der Waals surface area contributed by atoms with Gasteiger partial charge in [-0.2, -0.15) is 5.06 Å². The maximum absolute atomic E-state index is 11.8. The Kier molecular flexibility index (Phi) is 2.09. The van der Waals surface area contributed by atoms with Crippen LogP contribution in [0.2, 0.25) is 0 Å². The summed E-state index contributed by atoms with van der Waals surface area (Å²) in [6, 6.07) is 0. The quantitative estimate of drug-likeness (QED) is 0.550. The number of ether oxygens (including phenoxy) is 1. The fraction of sp³-hybridized carbons (Fsp3) is 0.778. The van der Waals surface area contributed by atoms with Crippen LogP contribution in [0.3, 0.4) is 0 Å². The van der Waals surface area contributed by atoms with Gasteiger partial charge in [0.2, 0.25) is 0 Å². The monoisotopic (exact) mass is 199 g/mol. The average Bonchev–Trinajstić information content (AvgIpc) is 2.15. The van der Waals surface area contributed by atoms with Gasteiger partial charge in [0.05, 0.1) is 0 Å². The van der Waals surface area contributed by atoms with Crippen molar-refractivity contribution in [2.45, 2.75) is 37.7 Å². The molecule has 1 aliphatic carbocycles. The molecular formula is C9H13NO4. The van der Waals surface area contributed by atoms with Crippen LogP contribution in [0.25, 0.3) is 0 Å². The number of nitrogens with zero attached hydrogens (tertiary/aromatic N) is 1. The third kappa shape index (κ3) is 1.32. The Hall–Kier alpha value is -1.26. The van der Waals surface area contributed by atoms with Crippen molar-refractivity contribution in [3.8, 4) is 0 Å². The molecule has 0 aromatic rings. The Morgan fingerprint density at radius 2 is 1.86 bits per heavy atom. The van der Waals surface area contributed by atoms with E-state index in [4.69, 9.17) is 4.74 Å². The second-order valence-corrected chi connectivity index (χ2v) is 3.80. The van der Waals surface area contributed by atoms with Gasteiger partial charge in [0.15, 0.2) is 5.60 Å². The van der Waals surface area contributed by atoms with Crippen LogP contribution < -0.4 is 0 Å². The second-order valence-electron chi connectivity index (χ2n) is 3.80. The van der Waals surface area contributed by atoms with Crippen molar-refractivity contribution in [3.63, 3.8) is 0 Å². The van der Waals surface area contributed by atoms with Crippen LogP contribution in [0.15, 0.2) is 0 Å². The summed E-state index contributed by atoms with van der Waals surface area (Å²) >= 11 is 0. The predicted molar refractivity (Wildman–Crippen MR) is 46.2 cm³/mol. The van der Waals surface area contributed by atoms with E-state index in [2.05, 4.69) is 4.84 Å². The molecule has 14 heavy (non-hydrogen) atoms. The van der Waals surface area contributed by atoms with Gasteiger partial charge in [0.1, 0.15) is 0 Å². The minimum atomic E-state index is -0.928. The molecule has 1 spiro atoms. The van der Waals surface area contributed by atoms with E-state index in [1.54, 1.807) is 0 Å². The van der Waals surface area contributed by atoms with Crippen molar-refractivity contribution >= 4 is 12.1 Å². The lowest BCUT2D eigenvalue weighted by molar-refractivity contribution is -0.218. The highest BCUT2D eigenvalue weighted by Gasteiger charge is 2.50. The Morgan fingerprint density at radius 1 is 1.21 bits per heavy atom. The molecule has 0 radical (unpaired) electrons. The third-order valence-electron chi connectivity index (χ3n) is 2.83. The highest BCUT2D eigenvalue weighted by molar-refractivity contribution is 5.89. The highest BCUT2D eigenvalue weighted by atomic mass is 16.8. The van der Waals surface area contributed by atoms with Crippen molar-refractivity contribution in [3.05, 3.63) is 0 Å². The molecule has 2 fully saturated rings. The number of rotatable bonds is 0. The molecule has 5 nitrogen and oxygen atoms in total. The van der Waals surface area contributed by atoms with Crippen LogP contribution >= 0.6 is 0 Å². The van der Waals surface area contributed by atoms with Crippen molar-refractivity contribution in [1.29, 1.82) is 0 Å². The highest BCUT2D eigenvalue weighted by Crippen LogP contribution is 2.35. The van der Waals surface area contributed by atoms with E-state index in [-0.39, 0.29) is 5.91 Å². The summed E-state index contributed by atoms with van der Waals surface area (Å²) in [6.07, 6.45) is 3.40. The van der Waals surface area contributed by atoms with Gasteiger partial charge < -0.3 is 9.57 Å². The second kappa shape index (κ2) is 3.15. The van der Waals surface area contributed by atoms with E-state index < -0.39 is 11.8 Å². The smallest absolute Gasteiger partial charge is 0.416 e. The van der Waals surface area contributed by atoms with E-state index >= 15 is 0 Å². The Balaban J connectivity index is 2.22. The number of hydrogen-bond acceptors (Lipinski definition) is 4. The molecule has 1 amide bonds. The van der Waals surface area contributed by atoms with Crippen LogP contribution in [0, 0.1) is 0 Å². The standard InChI is InChI=1S/C9H13NO4/c1-10-7(11)9(13-8(12)14-10)5-3-2-4-6-9/h2-6H2,1H3. The summed E-state index contributed by atoms with van der Waals surface area (Å²) in [5.41, 5.74) is -0.928. The van der Waals surface area contributed by atoms with E-state index in [0.717, 1.165) is 24.3 Å². The number of likely N-dealkylation sites (N-methyl/N-ethyl adjacent to an activating group) is 1. The van der Waals surface area contributed by atoms with Crippen LogP contribution in [-0.4, -0.2) is 29.8 Å². The zero-order valence-corrected chi connectivity index (χ0v) is 8.12. The van der Waals surface area contributed by atoms with Gasteiger partial charge in [0.25, 0.3) is 5.91 Å².